The molecule has 4 N–H and O–H groups in total. The maximum absolute atomic E-state index is 12.5. The highest BCUT2D eigenvalue weighted by Crippen LogP contribution is 2.24. The molecule has 6 heteroatoms. The maximum Gasteiger partial charge on any atom is 0.227 e. The third kappa shape index (κ3) is 4.29. The quantitative estimate of drug-likeness (QED) is 0.732. The van der Waals surface area contributed by atoms with Gasteiger partial charge in [0.1, 0.15) is 6.67 Å². The van der Waals surface area contributed by atoms with Crippen LogP contribution in [0.5, 0.6) is 0 Å². The van der Waals surface area contributed by atoms with E-state index in [-0.39, 0.29) is 11.7 Å². The predicted molar refractivity (Wildman–Crippen MR) is 70.1 cm³/mol. The molecule has 1 aromatic carbocycles. The van der Waals surface area contributed by atoms with Crippen molar-refractivity contribution in [1.82, 2.24) is 0 Å². The van der Waals surface area contributed by atoms with Gasteiger partial charge in [0.2, 0.25) is 5.91 Å². The average Bonchev–Trinajstić information content (AvgIpc) is 2.38. The lowest BCUT2D eigenvalue weighted by Crippen LogP contribution is -2.31. The molecule has 100 valence electrons. The van der Waals surface area contributed by atoms with E-state index in [2.05, 4.69) is 0 Å². The summed E-state index contributed by atoms with van der Waals surface area (Å²) in [6.45, 7) is -0.642. The Hall–Kier alpha value is -1.11. The average molecular weight is 272 g/mol. The van der Waals surface area contributed by atoms with E-state index in [4.69, 9.17) is 16.2 Å². The first-order valence-corrected chi connectivity index (χ1v) is 6.42. The summed E-state index contributed by atoms with van der Waals surface area (Å²) in [4.78, 5) is 11.6. The molecule has 2 atom stereocenters. The van der Waals surface area contributed by atoms with Gasteiger partial charge >= 0.3 is 0 Å². The summed E-state index contributed by atoms with van der Waals surface area (Å²) in [6.07, 6.45) is -0.467. The molecule has 0 saturated heterocycles. The van der Waals surface area contributed by atoms with Crippen molar-refractivity contribution in [1.29, 1.82) is 0 Å². The van der Waals surface area contributed by atoms with Crippen molar-refractivity contribution >= 4 is 17.7 Å². The van der Waals surface area contributed by atoms with Crippen molar-refractivity contribution in [3.8, 4) is 0 Å². The SMILES string of the molecule is COC(c1ccc(SCC(N)=O)cc1)C(N)CF. The van der Waals surface area contributed by atoms with Gasteiger partial charge in [-0.15, -0.1) is 11.8 Å². The van der Waals surface area contributed by atoms with Crippen molar-refractivity contribution in [2.75, 3.05) is 19.5 Å². The van der Waals surface area contributed by atoms with E-state index in [9.17, 15) is 9.18 Å². The first-order valence-electron chi connectivity index (χ1n) is 5.44. The number of benzene rings is 1. The van der Waals surface area contributed by atoms with Crippen LogP contribution in [0.4, 0.5) is 4.39 Å². The molecule has 2 unspecified atom stereocenters. The number of methoxy groups -OCH3 is 1. The minimum atomic E-state index is -0.681. The Morgan fingerprint density at radius 1 is 1.44 bits per heavy atom. The molecule has 0 spiro atoms. The lowest BCUT2D eigenvalue weighted by molar-refractivity contribution is -0.115. The van der Waals surface area contributed by atoms with Crippen molar-refractivity contribution in [2.24, 2.45) is 11.5 Å². The van der Waals surface area contributed by atoms with Crippen LogP contribution in [0.15, 0.2) is 29.2 Å². The van der Waals surface area contributed by atoms with Gasteiger partial charge in [0.25, 0.3) is 0 Å². The number of rotatable bonds is 7. The number of halogens is 1. The minimum absolute atomic E-state index is 0.233. The first-order chi connectivity index (χ1) is 8.58. The van der Waals surface area contributed by atoms with Crippen LogP contribution in [0, 0.1) is 0 Å². The van der Waals surface area contributed by atoms with Crippen LogP contribution in [0.1, 0.15) is 11.7 Å². The Balaban J connectivity index is 2.71. The van der Waals surface area contributed by atoms with Crippen LogP contribution in [0.25, 0.3) is 0 Å². The standard InChI is InChI=1S/C12H17FN2O2S/c1-17-12(10(14)6-13)8-2-4-9(5-3-8)18-7-11(15)16/h2-5,10,12H,6-7,14H2,1H3,(H2,15,16). The minimum Gasteiger partial charge on any atom is -0.375 e. The van der Waals surface area contributed by atoms with Gasteiger partial charge in [-0.25, -0.2) is 4.39 Å². The third-order valence-corrected chi connectivity index (χ3v) is 3.45. The summed E-state index contributed by atoms with van der Waals surface area (Å²) in [5.41, 5.74) is 11.5. The van der Waals surface area contributed by atoms with Crippen LogP contribution >= 0.6 is 11.8 Å². The number of carbonyl (C=O) groups excluding carboxylic acids is 1. The van der Waals surface area contributed by atoms with Crippen LogP contribution < -0.4 is 11.5 Å². The molecule has 1 aromatic rings. The number of ether oxygens (including phenoxy) is 1. The van der Waals surface area contributed by atoms with E-state index in [0.29, 0.717) is 0 Å². The fraction of sp³-hybridized carbons (Fsp3) is 0.417. The smallest absolute Gasteiger partial charge is 0.227 e. The van der Waals surface area contributed by atoms with E-state index in [0.717, 1.165) is 10.5 Å². The largest absolute Gasteiger partial charge is 0.375 e. The Morgan fingerprint density at radius 2 is 2.06 bits per heavy atom. The number of hydrogen-bond donors (Lipinski definition) is 2. The van der Waals surface area contributed by atoms with Crippen molar-refractivity contribution in [3.05, 3.63) is 29.8 Å². The summed E-state index contributed by atoms with van der Waals surface area (Å²) < 4.78 is 17.7. The number of primary amides is 1. The summed E-state index contributed by atoms with van der Waals surface area (Å²) in [5.74, 6) is -0.130. The summed E-state index contributed by atoms with van der Waals surface area (Å²) in [7, 11) is 1.50. The topological polar surface area (TPSA) is 78.3 Å². The molecule has 0 heterocycles. The van der Waals surface area contributed by atoms with Gasteiger partial charge in [-0.05, 0) is 17.7 Å². The van der Waals surface area contributed by atoms with Crippen molar-refractivity contribution in [2.45, 2.75) is 17.0 Å². The van der Waals surface area contributed by atoms with Crippen LogP contribution in [-0.2, 0) is 9.53 Å². The number of hydrogen-bond acceptors (Lipinski definition) is 4. The van der Waals surface area contributed by atoms with Gasteiger partial charge in [0, 0.05) is 12.0 Å². The highest BCUT2D eigenvalue weighted by atomic mass is 32.2. The van der Waals surface area contributed by atoms with Gasteiger partial charge in [-0.3, -0.25) is 4.79 Å². The van der Waals surface area contributed by atoms with Crippen LogP contribution in [0.3, 0.4) is 0 Å². The zero-order chi connectivity index (χ0) is 13.5. The van der Waals surface area contributed by atoms with E-state index in [1.54, 1.807) is 0 Å². The molecule has 0 radical (unpaired) electrons. The number of thioether (sulfide) groups is 1. The Labute approximate surface area is 110 Å². The van der Waals surface area contributed by atoms with Gasteiger partial charge in [-0.1, -0.05) is 12.1 Å². The van der Waals surface area contributed by atoms with Gasteiger partial charge in [0.15, 0.2) is 0 Å². The molecular formula is C12H17FN2O2S. The van der Waals surface area contributed by atoms with E-state index >= 15 is 0 Å². The molecule has 18 heavy (non-hydrogen) atoms. The Bertz CT molecular complexity index is 386. The normalized spacial score (nSPS) is 14.2. The second-order valence-corrected chi connectivity index (χ2v) is 4.85. The molecule has 0 fully saturated rings. The Morgan fingerprint density at radius 3 is 2.50 bits per heavy atom. The highest BCUT2D eigenvalue weighted by molar-refractivity contribution is 8.00. The molecule has 0 aliphatic carbocycles. The molecule has 0 aliphatic rings. The highest BCUT2D eigenvalue weighted by Gasteiger charge is 2.19. The lowest BCUT2D eigenvalue weighted by atomic mass is 10.0. The summed E-state index contributed by atoms with van der Waals surface area (Å²) >= 11 is 1.35. The van der Waals surface area contributed by atoms with E-state index in [1.807, 2.05) is 24.3 Å². The van der Waals surface area contributed by atoms with E-state index < -0.39 is 18.8 Å². The monoisotopic (exact) mass is 272 g/mol. The van der Waals surface area contributed by atoms with Crippen molar-refractivity contribution in [3.63, 3.8) is 0 Å². The van der Waals surface area contributed by atoms with Gasteiger partial charge in [-0.2, -0.15) is 0 Å². The predicted octanol–water partition coefficient (Wildman–Crippen LogP) is 1.25. The molecule has 0 aromatic heterocycles. The number of nitrogens with two attached hydrogens (primary N) is 2. The number of carbonyl (C=O) groups is 1. The number of alkyl halides is 1. The second-order valence-electron chi connectivity index (χ2n) is 3.80. The summed E-state index contributed by atoms with van der Waals surface area (Å²) in [6, 6.07) is 6.61. The lowest BCUT2D eigenvalue weighted by Gasteiger charge is -2.20. The third-order valence-electron chi connectivity index (χ3n) is 2.41. The van der Waals surface area contributed by atoms with E-state index in [1.165, 1.54) is 18.9 Å². The van der Waals surface area contributed by atoms with Crippen LogP contribution in [0.2, 0.25) is 0 Å². The van der Waals surface area contributed by atoms with Gasteiger partial charge in [0.05, 0.1) is 17.9 Å². The molecular weight excluding hydrogens is 255 g/mol. The number of amides is 1. The fourth-order valence-corrected chi connectivity index (χ4v) is 2.18. The van der Waals surface area contributed by atoms with Crippen LogP contribution in [-0.4, -0.2) is 31.5 Å². The zero-order valence-corrected chi connectivity index (χ0v) is 11.0. The molecule has 0 bridgehead atoms. The Kier molecular flexibility index (Phi) is 6.11. The van der Waals surface area contributed by atoms with Crippen molar-refractivity contribution < 1.29 is 13.9 Å². The summed E-state index contributed by atoms with van der Waals surface area (Å²) in [5, 5.41) is 0. The molecule has 0 saturated carbocycles. The molecule has 1 amide bonds. The zero-order valence-electron chi connectivity index (χ0n) is 10.1. The molecule has 0 aliphatic heterocycles. The fourth-order valence-electron chi connectivity index (χ4n) is 1.55. The second kappa shape index (κ2) is 7.35. The maximum atomic E-state index is 12.5. The molecule has 1 rings (SSSR count). The molecule has 4 nitrogen and oxygen atoms in total. The van der Waals surface area contributed by atoms with Gasteiger partial charge < -0.3 is 16.2 Å². The first kappa shape index (κ1) is 14.9.